The van der Waals surface area contributed by atoms with E-state index < -0.39 is 0 Å². The van der Waals surface area contributed by atoms with E-state index in [1.807, 2.05) is 36.6 Å². The predicted octanol–water partition coefficient (Wildman–Crippen LogP) is 3.07. The number of nitrogens with one attached hydrogen (secondary N) is 1. The molecule has 1 aromatic heterocycles. The van der Waals surface area contributed by atoms with Crippen molar-refractivity contribution >= 4 is 16.5 Å². The van der Waals surface area contributed by atoms with Gasteiger partial charge in [-0.1, -0.05) is 18.2 Å². The molecule has 0 radical (unpaired) electrons. The Balaban J connectivity index is 2.04. The lowest BCUT2D eigenvalue weighted by Crippen LogP contribution is -2.01. The molecule has 1 aromatic carbocycles. The molecule has 0 atom stereocenters. The summed E-state index contributed by atoms with van der Waals surface area (Å²) in [5.41, 5.74) is 2.19. The number of anilines is 1. The van der Waals surface area contributed by atoms with E-state index in [0.29, 0.717) is 0 Å². The summed E-state index contributed by atoms with van der Waals surface area (Å²) >= 11 is 1.62. The Morgan fingerprint density at radius 2 is 2.19 bits per heavy atom. The number of benzene rings is 1. The van der Waals surface area contributed by atoms with Crippen LogP contribution >= 0.6 is 11.3 Å². The fourth-order valence-electron chi connectivity index (χ4n) is 1.46. The third kappa shape index (κ3) is 2.52. The van der Waals surface area contributed by atoms with Crippen molar-refractivity contribution in [3.63, 3.8) is 0 Å². The zero-order chi connectivity index (χ0) is 11.4. The minimum Gasteiger partial charge on any atom is -0.496 e. The summed E-state index contributed by atoms with van der Waals surface area (Å²) in [5, 5.41) is 6.26. The number of aryl methyl sites for hydroxylation is 1. The molecule has 0 spiro atoms. The second-order valence-corrected chi connectivity index (χ2v) is 4.32. The van der Waals surface area contributed by atoms with E-state index in [9.17, 15) is 0 Å². The zero-order valence-electron chi connectivity index (χ0n) is 9.36. The lowest BCUT2D eigenvalue weighted by atomic mass is 10.2. The summed E-state index contributed by atoms with van der Waals surface area (Å²) < 4.78 is 5.28. The Morgan fingerprint density at radius 3 is 2.88 bits per heavy atom. The lowest BCUT2D eigenvalue weighted by Gasteiger charge is -2.08. The summed E-state index contributed by atoms with van der Waals surface area (Å²) in [7, 11) is 1.69. The number of rotatable bonds is 4. The van der Waals surface area contributed by atoms with Gasteiger partial charge in [0, 0.05) is 17.5 Å². The fourth-order valence-corrected chi connectivity index (χ4v) is 2.14. The van der Waals surface area contributed by atoms with Crippen molar-refractivity contribution in [3.8, 4) is 5.75 Å². The van der Waals surface area contributed by atoms with Gasteiger partial charge in [-0.15, -0.1) is 11.3 Å². The molecule has 0 aliphatic carbocycles. The van der Waals surface area contributed by atoms with Crippen LogP contribution in [0, 0.1) is 6.92 Å². The van der Waals surface area contributed by atoms with Crippen molar-refractivity contribution in [1.29, 1.82) is 0 Å². The van der Waals surface area contributed by atoms with E-state index in [1.54, 1.807) is 18.4 Å². The Hall–Kier alpha value is -1.55. The number of thiazole rings is 1. The van der Waals surface area contributed by atoms with Crippen LogP contribution in [0.1, 0.15) is 11.3 Å². The van der Waals surface area contributed by atoms with Crippen molar-refractivity contribution in [2.75, 3.05) is 12.4 Å². The normalized spacial score (nSPS) is 10.1. The Kier molecular flexibility index (Phi) is 3.41. The number of hydrogen-bond acceptors (Lipinski definition) is 4. The first-order chi connectivity index (χ1) is 7.79. The molecule has 0 aliphatic rings. The fraction of sp³-hybridized carbons (Fsp3) is 0.250. The van der Waals surface area contributed by atoms with Crippen LogP contribution in [0.5, 0.6) is 5.75 Å². The maximum atomic E-state index is 5.28. The molecule has 0 saturated carbocycles. The molecule has 0 amide bonds. The second kappa shape index (κ2) is 4.99. The van der Waals surface area contributed by atoms with Crippen LogP contribution < -0.4 is 10.1 Å². The molecule has 2 aromatic rings. The number of nitrogens with zero attached hydrogens (tertiary/aromatic N) is 1. The molecular weight excluding hydrogens is 220 g/mol. The highest BCUT2D eigenvalue weighted by Crippen LogP contribution is 2.20. The van der Waals surface area contributed by atoms with Gasteiger partial charge in [0.25, 0.3) is 0 Å². The van der Waals surface area contributed by atoms with E-state index in [-0.39, 0.29) is 0 Å². The largest absolute Gasteiger partial charge is 0.496 e. The number of para-hydroxylation sites is 1. The van der Waals surface area contributed by atoms with Crippen molar-refractivity contribution in [1.82, 2.24) is 4.98 Å². The topological polar surface area (TPSA) is 34.1 Å². The molecule has 3 nitrogen and oxygen atoms in total. The number of aromatic nitrogens is 1. The predicted molar refractivity (Wildman–Crippen MR) is 67.2 cm³/mol. The van der Waals surface area contributed by atoms with Crippen LogP contribution in [0.2, 0.25) is 0 Å². The minimum absolute atomic E-state index is 0.733. The standard InChI is InChI=1S/C12H14N2OS/c1-9-8-16-12(14-9)13-7-10-5-3-4-6-11(10)15-2/h3-6,8H,7H2,1-2H3,(H,13,14). The maximum Gasteiger partial charge on any atom is 0.183 e. The second-order valence-electron chi connectivity index (χ2n) is 3.46. The van der Waals surface area contributed by atoms with E-state index in [1.165, 1.54) is 0 Å². The number of methoxy groups -OCH3 is 1. The SMILES string of the molecule is COc1ccccc1CNc1nc(C)cs1. The summed E-state index contributed by atoms with van der Waals surface area (Å²) in [6.07, 6.45) is 0. The van der Waals surface area contributed by atoms with Crippen LogP contribution in [-0.4, -0.2) is 12.1 Å². The molecule has 0 bridgehead atoms. The lowest BCUT2D eigenvalue weighted by molar-refractivity contribution is 0.410. The van der Waals surface area contributed by atoms with Gasteiger partial charge in [-0.25, -0.2) is 4.98 Å². The quantitative estimate of drug-likeness (QED) is 0.882. The van der Waals surface area contributed by atoms with E-state index >= 15 is 0 Å². The van der Waals surface area contributed by atoms with Gasteiger partial charge < -0.3 is 10.1 Å². The van der Waals surface area contributed by atoms with Gasteiger partial charge in [0.15, 0.2) is 5.13 Å². The number of hydrogen-bond donors (Lipinski definition) is 1. The highest BCUT2D eigenvalue weighted by molar-refractivity contribution is 7.13. The first-order valence-corrected chi connectivity index (χ1v) is 5.95. The van der Waals surface area contributed by atoms with Crippen molar-refractivity contribution in [3.05, 3.63) is 40.9 Å². The van der Waals surface area contributed by atoms with E-state index in [4.69, 9.17) is 4.74 Å². The third-order valence-corrected chi connectivity index (χ3v) is 3.16. The molecule has 1 heterocycles. The van der Waals surface area contributed by atoms with Crippen molar-refractivity contribution < 1.29 is 4.74 Å². The van der Waals surface area contributed by atoms with Crippen LogP contribution in [0.3, 0.4) is 0 Å². The first kappa shape index (κ1) is 11.0. The molecule has 1 N–H and O–H groups in total. The van der Waals surface area contributed by atoms with Gasteiger partial charge in [0.1, 0.15) is 5.75 Å². The van der Waals surface area contributed by atoms with Crippen LogP contribution in [-0.2, 0) is 6.54 Å². The van der Waals surface area contributed by atoms with E-state index in [0.717, 1.165) is 28.7 Å². The van der Waals surface area contributed by atoms with Crippen LogP contribution in [0.15, 0.2) is 29.6 Å². The summed E-state index contributed by atoms with van der Waals surface area (Å²) in [6.45, 7) is 2.72. The highest BCUT2D eigenvalue weighted by Gasteiger charge is 2.02. The van der Waals surface area contributed by atoms with Gasteiger partial charge in [-0.05, 0) is 13.0 Å². The molecule has 0 unspecified atom stereocenters. The smallest absolute Gasteiger partial charge is 0.183 e. The maximum absolute atomic E-state index is 5.28. The molecule has 2 rings (SSSR count). The summed E-state index contributed by atoms with van der Waals surface area (Å²) in [4.78, 5) is 4.35. The average molecular weight is 234 g/mol. The Labute approximate surface area is 99.1 Å². The van der Waals surface area contributed by atoms with E-state index in [2.05, 4.69) is 10.3 Å². The monoisotopic (exact) mass is 234 g/mol. The van der Waals surface area contributed by atoms with Crippen molar-refractivity contribution in [2.24, 2.45) is 0 Å². The first-order valence-electron chi connectivity index (χ1n) is 5.07. The van der Waals surface area contributed by atoms with Gasteiger partial charge in [-0.2, -0.15) is 0 Å². The summed E-state index contributed by atoms with van der Waals surface area (Å²) in [6, 6.07) is 7.99. The van der Waals surface area contributed by atoms with Gasteiger partial charge >= 0.3 is 0 Å². The van der Waals surface area contributed by atoms with Gasteiger partial charge in [0.2, 0.25) is 0 Å². The highest BCUT2D eigenvalue weighted by atomic mass is 32.1. The third-order valence-electron chi connectivity index (χ3n) is 2.24. The minimum atomic E-state index is 0.733. The molecule has 16 heavy (non-hydrogen) atoms. The zero-order valence-corrected chi connectivity index (χ0v) is 10.2. The molecular formula is C12H14N2OS. The van der Waals surface area contributed by atoms with Gasteiger partial charge in [-0.3, -0.25) is 0 Å². The summed E-state index contributed by atoms with van der Waals surface area (Å²) in [5.74, 6) is 0.906. The molecule has 0 aliphatic heterocycles. The Bertz CT molecular complexity index is 468. The molecule has 4 heteroatoms. The van der Waals surface area contributed by atoms with Crippen LogP contribution in [0.4, 0.5) is 5.13 Å². The van der Waals surface area contributed by atoms with Crippen LogP contribution in [0.25, 0.3) is 0 Å². The van der Waals surface area contributed by atoms with Gasteiger partial charge in [0.05, 0.1) is 12.8 Å². The van der Waals surface area contributed by atoms with Crippen molar-refractivity contribution in [2.45, 2.75) is 13.5 Å². The average Bonchev–Trinajstić information content (AvgIpc) is 2.73. The Morgan fingerprint density at radius 1 is 1.38 bits per heavy atom. The number of ether oxygens (including phenoxy) is 1. The molecule has 84 valence electrons. The molecule has 0 saturated heterocycles. The molecule has 0 fully saturated rings.